The molecule has 1 aliphatic heterocycles. The van der Waals surface area contributed by atoms with E-state index in [1.807, 2.05) is 19.2 Å². The molecule has 2 rings (SSSR count). The lowest BCUT2D eigenvalue weighted by Gasteiger charge is -2.16. The van der Waals surface area contributed by atoms with Crippen LogP contribution in [0.1, 0.15) is 44.8 Å². The summed E-state index contributed by atoms with van der Waals surface area (Å²) in [5.74, 6) is -0.768. The van der Waals surface area contributed by atoms with E-state index < -0.39 is 17.8 Å². The first-order valence-corrected chi connectivity index (χ1v) is 8.78. The van der Waals surface area contributed by atoms with E-state index in [0.717, 1.165) is 27.6 Å². The van der Waals surface area contributed by atoms with E-state index in [4.69, 9.17) is 0 Å². The van der Waals surface area contributed by atoms with Crippen LogP contribution in [0.15, 0.2) is 5.38 Å². The molecule has 2 heterocycles. The van der Waals surface area contributed by atoms with Gasteiger partial charge in [-0.15, -0.1) is 11.3 Å². The summed E-state index contributed by atoms with van der Waals surface area (Å²) in [5, 5.41) is 2.85. The number of aryl methyl sites for hydroxylation is 1. The number of rotatable bonds is 7. The SMILES string of the molecule is CC(C)CCc1nc(CN2C(=O)C(=O)N(CC(C)C)C2=O)cs1. The second kappa shape index (κ2) is 7.21. The number of thiazole rings is 1. The highest BCUT2D eigenvalue weighted by Crippen LogP contribution is 2.20. The van der Waals surface area contributed by atoms with Crippen LogP contribution in [0.25, 0.3) is 0 Å². The minimum absolute atomic E-state index is 0.0657. The van der Waals surface area contributed by atoms with Crippen molar-refractivity contribution >= 4 is 29.2 Å². The molecule has 1 aromatic heterocycles. The normalized spacial score (nSPS) is 15.7. The van der Waals surface area contributed by atoms with E-state index >= 15 is 0 Å². The van der Waals surface area contributed by atoms with E-state index in [2.05, 4.69) is 18.8 Å². The van der Waals surface area contributed by atoms with Crippen LogP contribution in [0.2, 0.25) is 0 Å². The molecule has 0 N–H and O–H groups in total. The summed E-state index contributed by atoms with van der Waals surface area (Å²) in [6, 6.07) is -0.537. The van der Waals surface area contributed by atoms with Crippen molar-refractivity contribution in [3.8, 4) is 0 Å². The van der Waals surface area contributed by atoms with Crippen LogP contribution in [0, 0.1) is 11.8 Å². The Morgan fingerprint density at radius 1 is 1.04 bits per heavy atom. The van der Waals surface area contributed by atoms with Gasteiger partial charge in [-0.25, -0.2) is 14.7 Å². The molecule has 6 nitrogen and oxygen atoms in total. The van der Waals surface area contributed by atoms with Crippen molar-refractivity contribution in [2.45, 2.75) is 47.1 Å². The van der Waals surface area contributed by atoms with Gasteiger partial charge in [0.05, 0.1) is 17.2 Å². The minimum atomic E-state index is -0.757. The van der Waals surface area contributed by atoms with E-state index in [1.54, 1.807) is 0 Å². The van der Waals surface area contributed by atoms with Crippen LogP contribution < -0.4 is 0 Å². The minimum Gasteiger partial charge on any atom is -0.263 e. The lowest BCUT2D eigenvalue weighted by molar-refractivity contribution is -0.143. The third-order valence-corrected chi connectivity index (χ3v) is 4.50. The monoisotopic (exact) mass is 337 g/mol. The molecule has 1 fully saturated rings. The van der Waals surface area contributed by atoms with Crippen LogP contribution in [0.4, 0.5) is 4.79 Å². The Bertz CT molecular complexity index is 609. The standard InChI is InChI=1S/C16H23N3O3S/c1-10(2)5-6-13-17-12(9-23-13)8-19-15(21)14(20)18(16(19)22)7-11(3)4/h9-11H,5-8H2,1-4H3. The van der Waals surface area contributed by atoms with Crippen molar-refractivity contribution < 1.29 is 14.4 Å². The number of carbonyl (C=O) groups excluding carboxylic acids is 3. The topological polar surface area (TPSA) is 70.6 Å². The lowest BCUT2D eigenvalue weighted by atomic mass is 10.1. The first kappa shape index (κ1) is 17.6. The molecule has 1 aromatic rings. The Labute approximate surface area is 140 Å². The fourth-order valence-electron chi connectivity index (χ4n) is 2.33. The van der Waals surface area contributed by atoms with Crippen LogP contribution in [-0.2, 0) is 22.6 Å². The van der Waals surface area contributed by atoms with Crippen molar-refractivity contribution in [2.24, 2.45) is 11.8 Å². The quantitative estimate of drug-likeness (QED) is 0.566. The second-order valence-electron chi connectivity index (χ2n) is 6.65. The highest BCUT2D eigenvalue weighted by molar-refractivity contribution is 7.09. The average molecular weight is 337 g/mol. The number of aromatic nitrogens is 1. The molecule has 0 radical (unpaired) electrons. The second-order valence-corrected chi connectivity index (χ2v) is 7.59. The Hall–Kier alpha value is -1.76. The third-order valence-electron chi connectivity index (χ3n) is 3.54. The Morgan fingerprint density at radius 3 is 2.30 bits per heavy atom. The van der Waals surface area contributed by atoms with E-state index in [9.17, 15) is 14.4 Å². The van der Waals surface area contributed by atoms with Gasteiger partial charge < -0.3 is 0 Å². The maximum atomic E-state index is 12.3. The van der Waals surface area contributed by atoms with E-state index in [1.165, 1.54) is 11.3 Å². The summed E-state index contributed by atoms with van der Waals surface area (Å²) in [7, 11) is 0. The van der Waals surface area contributed by atoms with Gasteiger partial charge in [-0.3, -0.25) is 14.5 Å². The fourth-order valence-corrected chi connectivity index (χ4v) is 3.13. The zero-order valence-corrected chi connectivity index (χ0v) is 14.9. The number of amides is 4. The first-order valence-electron chi connectivity index (χ1n) is 7.90. The first-order chi connectivity index (χ1) is 10.8. The van der Waals surface area contributed by atoms with Crippen molar-refractivity contribution in [3.63, 3.8) is 0 Å². The van der Waals surface area contributed by atoms with Gasteiger partial charge in [-0.1, -0.05) is 27.7 Å². The van der Waals surface area contributed by atoms with Crippen molar-refractivity contribution in [1.29, 1.82) is 0 Å². The summed E-state index contributed by atoms with van der Waals surface area (Å²) >= 11 is 1.53. The maximum Gasteiger partial charge on any atom is 0.334 e. The van der Waals surface area contributed by atoms with Crippen molar-refractivity contribution in [2.75, 3.05) is 6.54 Å². The van der Waals surface area contributed by atoms with Gasteiger partial charge in [-0.2, -0.15) is 0 Å². The highest BCUT2D eigenvalue weighted by Gasteiger charge is 2.44. The van der Waals surface area contributed by atoms with Crippen molar-refractivity contribution in [3.05, 3.63) is 16.1 Å². The van der Waals surface area contributed by atoms with Gasteiger partial charge in [-0.05, 0) is 24.7 Å². The van der Waals surface area contributed by atoms with Gasteiger partial charge >= 0.3 is 17.8 Å². The molecule has 0 bridgehead atoms. The lowest BCUT2D eigenvalue weighted by Crippen LogP contribution is -2.35. The molecular formula is C16H23N3O3S. The Morgan fingerprint density at radius 2 is 1.70 bits per heavy atom. The molecule has 0 atom stereocenters. The molecule has 7 heteroatoms. The predicted octanol–water partition coefficient (Wildman–Crippen LogP) is 2.68. The van der Waals surface area contributed by atoms with Crippen LogP contribution in [0.3, 0.4) is 0 Å². The molecule has 23 heavy (non-hydrogen) atoms. The molecular weight excluding hydrogens is 314 g/mol. The van der Waals surface area contributed by atoms with Gasteiger partial charge in [0.25, 0.3) is 0 Å². The summed E-state index contributed by atoms with van der Waals surface area (Å²) in [4.78, 5) is 42.7. The maximum absolute atomic E-state index is 12.3. The Kier molecular flexibility index (Phi) is 5.51. The summed E-state index contributed by atoms with van der Waals surface area (Å²) in [5.41, 5.74) is 0.662. The molecule has 1 aliphatic rings. The van der Waals surface area contributed by atoms with Crippen LogP contribution in [-0.4, -0.2) is 39.2 Å². The number of carbonyl (C=O) groups is 3. The zero-order valence-electron chi connectivity index (χ0n) is 14.0. The van der Waals surface area contributed by atoms with Crippen LogP contribution >= 0.6 is 11.3 Å². The molecule has 0 aliphatic carbocycles. The zero-order chi connectivity index (χ0) is 17.1. The number of urea groups is 1. The number of nitrogens with zero attached hydrogens (tertiary/aromatic N) is 3. The average Bonchev–Trinajstić information content (AvgIpc) is 3.00. The summed E-state index contributed by atoms with van der Waals surface area (Å²) in [6.45, 7) is 8.44. The van der Waals surface area contributed by atoms with E-state index in [-0.39, 0.29) is 19.0 Å². The van der Waals surface area contributed by atoms with Gasteiger partial charge in [0, 0.05) is 11.9 Å². The Balaban J connectivity index is 2.03. The summed E-state index contributed by atoms with van der Waals surface area (Å²) in [6.07, 6.45) is 1.94. The predicted molar refractivity (Wildman–Crippen MR) is 87.8 cm³/mol. The number of imide groups is 2. The molecule has 0 saturated carbocycles. The van der Waals surface area contributed by atoms with E-state index in [0.29, 0.717) is 11.6 Å². The molecule has 1 saturated heterocycles. The van der Waals surface area contributed by atoms with Gasteiger partial charge in [0.2, 0.25) is 0 Å². The highest BCUT2D eigenvalue weighted by atomic mass is 32.1. The third kappa shape index (κ3) is 4.16. The van der Waals surface area contributed by atoms with Gasteiger partial charge in [0.15, 0.2) is 0 Å². The molecule has 4 amide bonds. The molecule has 126 valence electrons. The molecule has 0 aromatic carbocycles. The smallest absolute Gasteiger partial charge is 0.263 e. The molecule has 0 unspecified atom stereocenters. The number of hydrogen-bond donors (Lipinski definition) is 0. The van der Waals surface area contributed by atoms with Crippen molar-refractivity contribution in [1.82, 2.24) is 14.8 Å². The summed E-state index contributed by atoms with van der Waals surface area (Å²) < 4.78 is 0. The van der Waals surface area contributed by atoms with Crippen LogP contribution in [0.5, 0.6) is 0 Å². The van der Waals surface area contributed by atoms with Gasteiger partial charge in [0.1, 0.15) is 0 Å². The fraction of sp³-hybridized carbons (Fsp3) is 0.625. The largest absolute Gasteiger partial charge is 0.334 e. The molecule has 0 spiro atoms. The number of hydrogen-bond acceptors (Lipinski definition) is 5.